The van der Waals surface area contributed by atoms with Gasteiger partial charge in [0.15, 0.2) is 5.82 Å². The predicted octanol–water partition coefficient (Wildman–Crippen LogP) is 7.46. The van der Waals surface area contributed by atoms with Crippen molar-refractivity contribution in [3.05, 3.63) is 94.4 Å². The van der Waals surface area contributed by atoms with Gasteiger partial charge in [-0.05, 0) is 74.4 Å². The van der Waals surface area contributed by atoms with Gasteiger partial charge < -0.3 is 14.6 Å². The molecular weight excluding hydrogens is 535 g/mol. The minimum Gasteiger partial charge on any atom is -0.478 e. The van der Waals surface area contributed by atoms with Gasteiger partial charge in [0.2, 0.25) is 5.91 Å². The number of aromatic nitrogens is 1. The summed E-state index contributed by atoms with van der Waals surface area (Å²) in [6, 6.07) is 20.4. The van der Waals surface area contributed by atoms with Crippen LogP contribution in [0.2, 0.25) is 5.02 Å². The number of benzene rings is 3. The third-order valence-corrected chi connectivity index (χ3v) is 9.06. The number of carboxylic acids is 1. The Bertz CT molecular complexity index is 1510. The standard InChI is InChI=1S/C31H30ClFN2O3S/c1-20-30(39-24-9-5-8-23(18-24)31(37)38)25-12-13-26(32)28(33)29(25)35(20)19-27(36)34-16-14-22(15-17-34)11-10-21-6-3-2-4-7-21/h2-9,12-13,18,22H,10-11,14-17,19H2,1H3,(H,37,38). The first-order chi connectivity index (χ1) is 18.8. The summed E-state index contributed by atoms with van der Waals surface area (Å²) in [5.41, 5.74) is 2.55. The van der Waals surface area contributed by atoms with E-state index in [9.17, 15) is 14.7 Å². The maximum Gasteiger partial charge on any atom is 0.335 e. The van der Waals surface area contributed by atoms with Crippen molar-refractivity contribution in [2.45, 2.75) is 48.9 Å². The number of likely N-dealkylation sites (tertiary alicyclic amines) is 1. The summed E-state index contributed by atoms with van der Waals surface area (Å²) in [4.78, 5) is 28.2. The van der Waals surface area contributed by atoms with E-state index >= 15 is 4.39 Å². The first-order valence-corrected chi connectivity index (χ1v) is 14.3. The number of rotatable bonds is 8. The van der Waals surface area contributed by atoms with E-state index < -0.39 is 11.8 Å². The average molecular weight is 565 g/mol. The predicted molar refractivity (Wildman–Crippen MR) is 153 cm³/mol. The van der Waals surface area contributed by atoms with Gasteiger partial charge in [0.25, 0.3) is 0 Å². The number of piperidine rings is 1. The topological polar surface area (TPSA) is 62.5 Å². The number of aromatic carboxylic acids is 1. The smallest absolute Gasteiger partial charge is 0.335 e. The molecule has 1 N–H and O–H groups in total. The highest BCUT2D eigenvalue weighted by Crippen LogP contribution is 2.41. The van der Waals surface area contributed by atoms with E-state index in [4.69, 9.17) is 11.6 Å². The van der Waals surface area contributed by atoms with Crippen molar-refractivity contribution >= 4 is 46.1 Å². The quantitative estimate of drug-likeness (QED) is 0.241. The Morgan fingerprint density at radius 3 is 2.51 bits per heavy atom. The summed E-state index contributed by atoms with van der Waals surface area (Å²) in [5, 5.41) is 10.0. The maximum atomic E-state index is 15.4. The molecule has 0 spiro atoms. The number of carboxylic acid groups (broad SMARTS) is 1. The van der Waals surface area contributed by atoms with Crippen molar-refractivity contribution in [3.8, 4) is 0 Å². The van der Waals surface area contributed by atoms with Gasteiger partial charge in [-0.2, -0.15) is 0 Å². The van der Waals surface area contributed by atoms with E-state index in [1.54, 1.807) is 22.8 Å². The fourth-order valence-corrected chi connectivity index (χ4v) is 6.58. The lowest BCUT2D eigenvalue weighted by molar-refractivity contribution is -0.133. The molecule has 0 bridgehead atoms. The monoisotopic (exact) mass is 564 g/mol. The lowest BCUT2D eigenvalue weighted by atomic mass is 9.90. The molecule has 0 unspecified atom stereocenters. The molecule has 1 fully saturated rings. The van der Waals surface area contributed by atoms with Crippen LogP contribution in [0.3, 0.4) is 0 Å². The molecule has 202 valence electrons. The fraction of sp³-hybridized carbons (Fsp3) is 0.290. The van der Waals surface area contributed by atoms with Crippen LogP contribution in [0, 0.1) is 18.7 Å². The first-order valence-electron chi connectivity index (χ1n) is 13.1. The van der Waals surface area contributed by atoms with Gasteiger partial charge >= 0.3 is 5.97 Å². The van der Waals surface area contributed by atoms with Gasteiger partial charge in [0, 0.05) is 34.0 Å². The Labute approximate surface area is 236 Å². The third-order valence-electron chi connectivity index (χ3n) is 7.56. The molecule has 4 aromatic rings. The second kappa shape index (κ2) is 11.8. The molecule has 1 aromatic heterocycles. The molecule has 3 aromatic carbocycles. The van der Waals surface area contributed by atoms with Crippen LogP contribution < -0.4 is 0 Å². The molecule has 0 radical (unpaired) electrons. The van der Waals surface area contributed by atoms with Crippen LogP contribution in [0.1, 0.15) is 40.9 Å². The van der Waals surface area contributed by atoms with Gasteiger partial charge in [-0.1, -0.05) is 59.8 Å². The van der Waals surface area contributed by atoms with Gasteiger partial charge in [0.05, 0.1) is 16.1 Å². The van der Waals surface area contributed by atoms with Gasteiger partial charge in [-0.3, -0.25) is 4.79 Å². The first kappa shape index (κ1) is 27.3. The van der Waals surface area contributed by atoms with Crippen LogP contribution in [0.15, 0.2) is 76.5 Å². The SMILES string of the molecule is Cc1c(Sc2cccc(C(=O)O)c2)c2ccc(Cl)c(F)c2n1CC(=O)N1CCC(CCc2ccccc2)CC1. The average Bonchev–Trinajstić information content (AvgIpc) is 3.21. The zero-order valence-corrected chi connectivity index (χ0v) is 23.3. The number of hydrogen-bond acceptors (Lipinski definition) is 3. The Morgan fingerprint density at radius 2 is 1.79 bits per heavy atom. The number of halogens is 2. The number of nitrogens with zero attached hydrogens (tertiary/aromatic N) is 2. The Balaban J connectivity index is 1.33. The van der Waals surface area contributed by atoms with Gasteiger partial charge in [-0.15, -0.1) is 0 Å². The lowest BCUT2D eigenvalue weighted by Crippen LogP contribution is -2.40. The minimum atomic E-state index is -1.01. The van der Waals surface area contributed by atoms with Crippen molar-refractivity contribution in [2.75, 3.05) is 13.1 Å². The number of carbonyl (C=O) groups is 2. The zero-order valence-electron chi connectivity index (χ0n) is 21.7. The van der Waals surface area contributed by atoms with Crippen LogP contribution in [0.4, 0.5) is 4.39 Å². The molecule has 39 heavy (non-hydrogen) atoms. The molecular formula is C31H30ClFN2O3S. The third kappa shape index (κ3) is 5.99. The van der Waals surface area contributed by atoms with Crippen LogP contribution in [-0.2, 0) is 17.8 Å². The van der Waals surface area contributed by atoms with E-state index in [-0.39, 0.29) is 23.0 Å². The van der Waals surface area contributed by atoms with E-state index in [1.165, 1.54) is 29.5 Å². The zero-order chi connectivity index (χ0) is 27.5. The number of fused-ring (bicyclic) bond motifs is 1. The number of aryl methyl sites for hydroxylation is 1. The summed E-state index contributed by atoms with van der Waals surface area (Å²) in [5.74, 6) is -1.02. The molecule has 1 aliphatic heterocycles. The molecule has 8 heteroatoms. The highest BCUT2D eigenvalue weighted by Gasteiger charge is 2.26. The van der Waals surface area contributed by atoms with Crippen LogP contribution in [0.5, 0.6) is 0 Å². The minimum absolute atomic E-state index is 0.00245. The molecule has 0 saturated carbocycles. The van der Waals surface area contributed by atoms with E-state index in [2.05, 4.69) is 24.3 Å². The lowest BCUT2D eigenvalue weighted by Gasteiger charge is -2.32. The number of hydrogen-bond donors (Lipinski definition) is 1. The van der Waals surface area contributed by atoms with E-state index in [0.717, 1.165) is 41.2 Å². The van der Waals surface area contributed by atoms with Crippen molar-refractivity contribution in [1.29, 1.82) is 0 Å². The second-order valence-corrected chi connectivity index (χ2v) is 11.5. The largest absolute Gasteiger partial charge is 0.478 e. The van der Waals surface area contributed by atoms with Gasteiger partial charge in [0.1, 0.15) is 6.54 Å². The normalized spacial score (nSPS) is 14.2. The highest BCUT2D eigenvalue weighted by atomic mass is 35.5. The molecule has 1 amide bonds. The number of carbonyl (C=O) groups excluding carboxylic acids is 1. The Hall–Kier alpha value is -3.29. The van der Waals surface area contributed by atoms with Gasteiger partial charge in [-0.25, -0.2) is 9.18 Å². The summed E-state index contributed by atoms with van der Waals surface area (Å²) >= 11 is 7.51. The Morgan fingerprint density at radius 1 is 1.05 bits per heavy atom. The van der Waals surface area contributed by atoms with E-state index in [0.29, 0.717) is 29.9 Å². The second-order valence-electron chi connectivity index (χ2n) is 10.0. The maximum absolute atomic E-state index is 15.4. The molecule has 1 saturated heterocycles. The molecule has 5 nitrogen and oxygen atoms in total. The fourth-order valence-electron chi connectivity index (χ4n) is 5.33. The van der Waals surface area contributed by atoms with Crippen molar-refractivity contribution in [1.82, 2.24) is 9.47 Å². The molecule has 2 heterocycles. The van der Waals surface area contributed by atoms with E-state index in [1.807, 2.05) is 24.0 Å². The van der Waals surface area contributed by atoms with Crippen molar-refractivity contribution < 1.29 is 19.1 Å². The molecule has 0 atom stereocenters. The van der Waals surface area contributed by atoms with Crippen LogP contribution in [0.25, 0.3) is 10.9 Å². The van der Waals surface area contributed by atoms with Crippen LogP contribution >= 0.6 is 23.4 Å². The number of amides is 1. The molecule has 5 rings (SSSR count). The molecule has 1 aliphatic rings. The highest BCUT2D eigenvalue weighted by molar-refractivity contribution is 7.99. The summed E-state index contributed by atoms with van der Waals surface area (Å²) in [7, 11) is 0. The van der Waals surface area contributed by atoms with Crippen molar-refractivity contribution in [3.63, 3.8) is 0 Å². The summed E-state index contributed by atoms with van der Waals surface area (Å²) in [6.45, 7) is 3.27. The molecule has 0 aliphatic carbocycles. The Kier molecular flexibility index (Phi) is 8.29. The van der Waals surface area contributed by atoms with Crippen molar-refractivity contribution in [2.24, 2.45) is 5.92 Å². The summed E-state index contributed by atoms with van der Waals surface area (Å²) < 4.78 is 17.1. The summed E-state index contributed by atoms with van der Waals surface area (Å²) in [6.07, 6.45) is 4.08. The van der Waals surface area contributed by atoms with Crippen LogP contribution in [-0.4, -0.2) is 39.5 Å².